The van der Waals surface area contributed by atoms with Gasteiger partial charge >= 0.3 is 5.97 Å². The number of amides is 1. The maximum absolute atomic E-state index is 12.3. The van der Waals surface area contributed by atoms with Crippen molar-refractivity contribution in [3.63, 3.8) is 0 Å². The summed E-state index contributed by atoms with van der Waals surface area (Å²) in [5, 5.41) is 2.67. The van der Waals surface area contributed by atoms with Crippen LogP contribution in [-0.4, -0.2) is 25.6 Å². The van der Waals surface area contributed by atoms with E-state index in [0.29, 0.717) is 11.3 Å². The van der Waals surface area contributed by atoms with Crippen molar-refractivity contribution in [3.05, 3.63) is 64.7 Å². The Morgan fingerprint density at radius 2 is 1.64 bits per heavy atom. The summed E-state index contributed by atoms with van der Waals surface area (Å²) in [5.41, 5.74) is 3.72. The minimum atomic E-state index is -0.859. The Hall–Kier alpha value is -2.82. The highest BCUT2D eigenvalue weighted by molar-refractivity contribution is 5.86. The first-order chi connectivity index (χ1) is 11.9. The summed E-state index contributed by atoms with van der Waals surface area (Å²) >= 11 is 0. The molecule has 5 nitrogen and oxygen atoms in total. The molecule has 0 radical (unpaired) electrons. The first-order valence-electron chi connectivity index (χ1n) is 8.05. The van der Waals surface area contributed by atoms with Gasteiger partial charge in [-0.3, -0.25) is 4.79 Å². The molecule has 0 spiro atoms. The van der Waals surface area contributed by atoms with Crippen molar-refractivity contribution in [1.29, 1.82) is 0 Å². The van der Waals surface area contributed by atoms with Gasteiger partial charge in [0.1, 0.15) is 5.75 Å². The predicted octanol–water partition coefficient (Wildman–Crippen LogP) is 3.02. The van der Waals surface area contributed by atoms with Crippen LogP contribution in [0.3, 0.4) is 0 Å². The van der Waals surface area contributed by atoms with Crippen LogP contribution in [0.15, 0.2) is 42.5 Å². The number of nitrogens with one attached hydrogen (secondary N) is 1. The third-order valence-corrected chi connectivity index (χ3v) is 4.10. The number of benzene rings is 2. The smallest absolute Gasteiger partial charge is 0.333 e. The number of hydrogen-bond acceptors (Lipinski definition) is 4. The predicted molar refractivity (Wildman–Crippen MR) is 95.5 cm³/mol. The summed E-state index contributed by atoms with van der Waals surface area (Å²) in [5.74, 6) is -0.216. The van der Waals surface area contributed by atoms with E-state index in [-0.39, 0.29) is 12.5 Å². The summed E-state index contributed by atoms with van der Waals surface area (Å²) in [6.45, 7) is 5.70. The van der Waals surface area contributed by atoms with E-state index in [2.05, 4.69) is 5.32 Å². The lowest BCUT2D eigenvalue weighted by molar-refractivity contribution is -0.145. The lowest BCUT2D eigenvalue weighted by atomic mass is 10.1. The molecule has 1 unspecified atom stereocenters. The fourth-order valence-electron chi connectivity index (χ4n) is 2.53. The van der Waals surface area contributed by atoms with Crippen LogP contribution < -0.4 is 10.1 Å². The highest BCUT2D eigenvalue weighted by Crippen LogP contribution is 2.25. The van der Waals surface area contributed by atoms with Gasteiger partial charge in [0.2, 0.25) is 0 Å². The van der Waals surface area contributed by atoms with Crippen molar-refractivity contribution >= 4 is 11.9 Å². The van der Waals surface area contributed by atoms with Crippen LogP contribution >= 0.6 is 0 Å². The van der Waals surface area contributed by atoms with Gasteiger partial charge in [-0.2, -0.15) is 0 Å². The first kappa shape index (κ1) is 18.5. The molecule has 0 aliphatic heterocycles. The molecule has 1 amide bonds. The molecule has 2 aromatic carbocycles. The number of carbonyl (C=O) groups excluding carboxylic acids is 2. The summed E-state index contributed by atoms with van der Waals surface area (Å²) in [6, 6.07) is 12.1. The van der Waals surface area contributed by atoms with Crippen LogP contribution in [0.5, 0.6) is 5.75 Å². The largest absolute Gasteiger partial charge is 0.483 e. The summed E-state index contributed by atoms with van der Waals surface area (Å²) < 4.78 is 10.5. The molecule has 5 heteroatoms. The van der Waals surface area contributed by atoms with Crippen molar-refractivity contribution in [2.45, 2.75) is 26.8 Å². The minimum Gasteiger partial charge on any atom is -0.483 e. The summed E-state index contributed by atoms with van der Waals surface area (Å²) in [7, 11) is 1.29. The Morgan fingerprint density at radius 1 is 1.00 bits per heavy atom. The van der Waals surface area contributed by atoms with Crippen LogP contribution in [-0.2, 0) is 14.3 Å². The number of esters is 1. The molecule has 25 heavy (non-hydrogen) atoms. The van der Waals surface area contributed by atoms with Gasteiger partial charge < -0.3 is 14.8 Å². The Morgan fingerprint density at radius 3 is 2.28 bits per heavy atom. The van der Waals surface area contributed by atoms with E-state index < -0.39 is 12.0 Å². The molecule has 0 heterocycles. The zero-order valence-electron chi connectivity index (χ0n) is 15.0. The average molecular weight is 341 g/mol. The monoisotopic (exact) mass is 341 g/mol. The number of rotatable bonds is 6. The lowest BCUT2D eigenvalue weighted by Gasteiger charge is -2.18. The van der Waals surface area contributed by atoms with E-state index in [1.54, 1.807) is 24.3 Å². The zero-order valence-corrected chi connectivity index (χ0v) is 15.0. The van der Waals surface area contributed by atoms with Gasteiger partial charge in [-0.15, -0.1) is 0 Å². The van der Waals surface area contributed by atoms with Crippen molar-refractivity contribution in [3.8, 4) is 5.75 Å². The molecule has 0 aliphatic rings. The van der Waals surface area contributed by atoms with Gasteiger partial charge in [-0.25, -0.2) is 4.79 Å². The van der Waals surface area contributed by atoms with E-state index in [0.717, 1.165) is 16.7 Å². The second-order valence-electron chi connectivity index (χ2n) is 5.88. The summed E-state index contributed by atoms with van der Waals surface area (Å²) in [6.07, 6.45) is 0. The molecule has 0 fully saturated rings. The summed E-state index contributed by atoms with van der Waals surface area (Å²) in [4.78, 5) is 24.3. The van der Waals surface area contributed by atoms with Gasteiger partial charge in [-0.1, -0.05) is 42.5 Å². The number of aryl methyl sites for hydroxylation is 2. The molecule has 1 atom stereocenters. The van der Waals surface area contributed by atoms with Crippen molar-refractivity contribution in [2.75, 3.05) is 13.7 Å². The van der Waals surface area contributed by atoms with E-state index >= 15 is 0 Å². The normalized spacial score (nSPS) is 11.5. The van der Waals surface area contributed by atoms with Crippen LogP contribution in [0, 0.1) is 20.8 Å². The third-order valence-electron chi connectivity index (χ3n) is 4.10. The first-order valence-corrected chi connectivity index (χ1v) is 8.05. The van der Waals surface area contributed by atoms with Gasteiger partial charge in [0.15, 0.2) is 12.6 Å². The quantitative estimate of drug-likeness (QED) is 0.820. The maximum atomic E-state index is 12.3. The molecule has 0 saturated carbocycles. The van der Waals surface area contributed by atoms with Crippen molar-refractivity contribution in [1.82, 2.24) is 5.32 Å². The SMILES string of the molecule is COC(=O)C(NC(=O)COc1c(C)ccc(C)c1C)c1ccccc1. The van der Waals surface area contributed by atoms with E-state index in [1.165, 1.54) is 7.11 Å². The van der Waals surface area contributed by atoms with Crippen LogP contribution in [0.25, 0.3) is 0 Å². The van der Waals surface area contributed by atoms with E-state index in [4.69, 9.17) is 9.47 Å². The maximum Gasteiger partial charge on any atom is 0.333 e. The Bertz CT molecular complexity index is 756. The van der Waals surface area contributed by atoms with Gasteiger partial charge in [-0.05, 0) is 43.0 Å². The number of methoxy groups -OCH3 is 1. The van der Waals surface area contributed by atoms with Gasteiger partial charge in [0, 0.05) is 0 Å². The molecule has 1 N–H and O–H groups in total. The van der Waals surface area contributed by atoms with Crippen LogP contribution in [0.2, 0.25) is 0 Å². The van der Waals surface area contributed by atoms with Crippen LogP contribution in [0.4, 0.5) is 0 Å². The third kappa shape index (κ3) is 4.59. The van der Waals surface area contributed by atoms with Crippen molar-refractivity contribution < 1.29 is 19.1 Å². The molecule has 0 aliphatic carbocycles. The molecule has 132 valence electrons. The molecule has 2 rings (SSSR count). The zero-order chi connectivity index (χ0) is 18.4. The second-order valence-corrected chi connectivity index (χ2v) is 5.88. The molecular weight excluding hydrogens is 318 g/mol. The van der Waals surface area contributed by atoms with E-state index in [1.807, 2.05) is 39.0 Å². The average Bonchev–Trinajstić information content (AvgIpc) is 2.63. The highest BCUT2D eigenvalue weighted by atomic mass is 16.5. The number of carbonyl (C=O) groups is 2. The Kier molecular flexibility index (Phi) is 6.17. The van der Waals surface area contributed by atoms with E-state index in [9.17, 15) is 9.59 Å². The van der Waals surface area contributed by atoms with Gasteiger partial charge in [0.05, 0.1) is 7.11 Å². The second kappa shape index (κ2) is 8.33. The fourth-order valence-corrected chi connectivity index (χ4v) is 2.53. The minimum absolute atomic E-state index is 0.175. The van der Waals surface area contributed by atoms with Crippen LogP contribution in [0.1, 0.15) is 28.3 Å². The fraction of sp³-hybridized carbons (Fsp3) is 0.300. The topological polar surface area (TPSA) is 64.6 Å². The Balaban J connectivity index is 2.08. The molecular formula is C20H23NO4. The molecule has 0 bridgehead atoms. The molecule has 0 aromatic heterocycles. The Labute approximate surface area is 148 Å². The standard InChI is InChI=1S/C20H23NO4/c1-13-10-11-14(2)19(15(13)3)25-12-17(22)21-18(20(23)24-4)16-8-6-5-7-9-16/h5-11,18H,12H2,1-4H3,(H,21,22). The molecule has 2 aromatic rings. The highest BCUT2D eigenvalue weighted by Gasteiger charge is 2.23. The lowest BCUT2D eigenvalue weighted by Crippen LogP contribution is -2.37. The number of hydrogen-bond donors (Lipinski definition) is 1. The van der Waals surface area contributed by atoms with Crippen molar-refractivity contribution in [2.24, 2.45) is 0 Å². The number of ether oxygens (including phenoxy) is 2. The molecule has 0 saturated heterocycles. The van der Waals surface area contributed by atoms with Gasteiger partial charge in [0.25, 0.3) is 5.91 Å².